The third-order valence-electron chi connectivity index (χ3n) is 4.01. The van der Waals surface area contributed by atoms with Gasteiger partial charge in [-0.25, -0.2) is 0 Å². The van der Waals surface area contributed by atoms with Crippen LogP contribution in [0.25, 0.3) is 0 Å². The molecule has 0 saturated carbocycles. The summed E-state index contributed by atoms with van der Waals surface area (Å²) in [4.78, 5) is 0. The topological polar surface area (TPSA) is 0 Å². The maximum Gasteiger partial charge on any atom is 0.0860 e. The van der Waals surface area contributed by atoms with Gasteiger partial charge in [-0.1, -0.05) is 64.8 Å². The molecular formula is C18H28S2. The van der Waals surface area contributed by atoms with E-state index in [9.17, 15) is 0 Å². The molecule has 0 aliphatic carbocycles. The van der Waals surface area contributed by atoms with E-state index in [-0.39, 0.29) is 5.41 Å². The number of rotatable bonds is 4. The fourth-order valence-corrected chi connectivity index (χ4v) is 6.10. The second-order valence-corrected chi connectivity index (χ2v) is 9.78. The Hall–Kier alpha value is -0.0800. The molecule has 0 N–H and O–H groups in total. The summed E-state index contributed by atoms with van der Waals surface area (Å²) in [6.45, 7) is 9.17. The second-order valence-electron chi connectivity index (χ2n) is 6.73. The maximum absolute atomic E-state index is 2.39. The Morgan fingerprint density at radius 2 is 1.65 bits per heavy atom. The molecule has 0 aromatic heterocycles. The van der Waals surface area contributed by atoms with Crippen molar-refractivity contribution in [3.8, 4) is 0 Å². The predicted octanol–water partition coefficient (Wildman–Crippen LogP) is 6.20. The van der Waals surface area contributed by atoms with E-state index in [0.717, 1.165) is 0 Å². The summed E-state index contributed by atoms with van der Waals surface area (Å²) in [7, 11) is 0. The van der Waals surface area contributed by atoms with Gasteiger partial charge in [-0.15, -0.1) is 23.5 Å². The van der Waals surface area contributed by atoms with Gasteiger partial charge in [0.1, 0.15) is 0 Å². The van der Waals surface area contributed by atoms with Crippen molar-refractivity contribution in [1.29, 1.82) is 0 Å². The third kappa shape index (κ3) is 3.76. The number of hydrogen-bond donors (Lipinski definition) is 0. The Labute approximate surface area is 133 Å². The normalized spacial score (nSPS) is 19.0. The monoisotopic (exact) mass is 308 g/mol. The van der Waals surface area contributed by atoms with Crippen LogP contribution in [0.1, 0.15) is 64.5 Å². The number of hydrogen-bond acceptors (Lipinski definition) is 2. The fraction of sp³-hybridized carbons (Fsp3) is 0.667. The molecule has 2 rings (SSSR count). The molecule has 0 radical (unpaired) electrons. The van der Waals surface area contributed by atoms with E-state index in [1.807, 2.05) is 0 Å². The van der Waals surface area contributed by atoms with Crippen molar-refractivity contribution in [2.75, 3.05) is 11.5 Å². The van der Waals surface area contributed by atoms with E-state index < -0.39 is 0 Å². The van der Waals surface area contributed by atoms with Crippen molar-refractivity contribution in [2.45, 2.75) is 62.9 Å². The summed E-state index contributed by atoms with van der Waals surface area (Å²) < 4.78 is 0.324. The lowest BCUT2D eigenvalue weighted by Crippen LogP contribution is -2.23. The first kappa shape index (κ1) is 16.3. The van der Waals surface area contributed by atoms with Crippen LogP contribution in [0.5, 0.6) is 0 Å². The quantitative estimate of drug-likeness (QED) is 0.649. The molecular weight excluding hydrogens is 280 g/mol. The zero-order valence-electron chi connectivity index (χ0n) is 13.4. The van der Waals surface area contributed by atoms with Gasteiger partial charge in [0, 0.05) is 0 Å². The molecule has 0 bridgehead atoms. The van der Waals surface area contributed by atoms with Crippen LogP contribution in [0.4, 0.5) is 0 Å². The van der Waals surface area contributed by atoms with Crippen molar-refractivity contribution in [1.82, 2.24) is 0 Å². The molecule has 1 heterocycles. The minimum Gasteiger partial charge on any atom is -0.139 e. The molecule has 1 aliphatic heterocycles. The molecule has 0 atom stereocenters. The molecule has 20 heavy (non-hydrogen) atoms. The van der Waals surface area contributed by atoms with Crippen molar-refractivity contribution < 1.29 is 0 Å². The smallest absolute Gasteiger partial charge is 0.0860 e. The van der Waals surface area contributed by atoms with E-state index in [2.05, 4.69) is 75.5 Å². The zero-order chi connectivity index (χ0) is 14.6. The highest BCUT2D eigenvalue weighted by atomic mass is 32.2. The van der Waals surface area contributed by atoms with Gasteiger partial charge >= 0.3 is 0 Å². The molecule has 1 aliphatic rings. The van der Waals surface area contributed by atoms with E-state index in [1.54, 1.807) is 0 Å². The Morgan fingerprint density at radius 3 is 2.15 bits per heavy atom. The molecule has 1 aromatic rings. The first-order chi connectivity index (χ1) is 9.48. The summed E-state index contributed by atoms with van der Waals surface area (Å²) in [5.41, 5.74) is 3.23. The Bertz CT molecular complexity index is 408. The van der Waals surface area contributed by atoms with E-state index in [4.69, 9.17) is 0 Å². The van der Waals surface area contributed by atoms with Crippen molar-refractivity contribution in [3.63, 3.8) is 0 Å². The maximum atomic E-state index is 2.39. The van der Waals surface area contributed by atoms with Gasteiger partial charge in [0.2, 0.25) is 0 Å². The molecule has 0 amide bonds. The SMILES string of the molecule is CCCCC1(c2ccc(C(C)(C)C)cc2)SCCCS1. The molecule has 0 nitrogen and oxygen atoms in total. The van der Waals surface area contributed by atoms with Gasteiger partial charge in [0.25, 0.3) is 0 Å². The van der Waals surface area contributed by atoms with Gasteiger partial charge in [-0.05, 0) is 40.9 Å². The molecule has 0 spiro atoms. The standard InChI is InChI=1S/C18H28S2/c1-5-6-12-18(19-13-7-14-20-18)16-10-8-15(9-11-16)17(2,3)4/h8-11H,5-7,12-14H2,1-4H3. The predicted molar refractivity (Wildman–Crippen MR) is 95.9 cm³/mol. The van der Waals surface area contributed by atoms with Gasteiger partial charge < -0.3 is 0 Å². The Morgan fingerprint density at radius 1 is 1.05 bits per heavy atom. The minimum atomic E-state index is 0.252. The molecule has 112 valence electrons. The molecule has 1 fully saturated rings. The van der Waals surface area contributed by atoms with Crippen LogP contribution >= 0.6 is 23.5 Å². The fourth-order valence-electron chi connectivity index (χ4n) is 2.66. The lowest BCUT2D eigenvalue weighted by atomic mass is 9.86. The van der Waals surface area contributed by atoms with E-state index >= 15 is 0 Å². The van der Waals surface area contributed by atoms with Crippen LogP contribution in [0.2, 0.25) is 0 Å². The van der Waals surface area contributed by atoms with Crippen LogP contribution in [-0.4, -0.2) is 11.5 Å². The van der Waals surface area contributed by atoms with E-state index in [1.165, 1.54) is 48.3 Å². The highest BCUT2D eigenvalue weighted by Gasteiger charge is 2.35. The third-order valence-corrected chi connectivity index (χ3v) is 7.51. The lowest BCUT2D eigenvalue weighted by molar-refractivity contribution is 0.589. The second kappa shape index (κ2) is 6.79. The minimum absolute atomic E-state index is 0.252. The number of unbranched alkanes of at least 4 members (excludes halogenated alkanes) is 1. The van der Waals surface area contributed by atoms with Crippen molar-refractivity contribution in [2.24, 2.45) is 0 Å². The van der Waals surface area contributed by atoms with Crippen molar-refractivity contribution in [3.05, 3.63) is 35.4 Å². The Balaban J connectivity index is 2.24. The summed E-state index contributed by atoms with van der Waals surface area (Å²) in [5.74, 6) is 2.63. The van der Waals surface area contributed by atoms with Gasteiger partial charge in [0.05, 0.1) is 4.08 Å². The highest BCUT2D eigenvalue weighted by molar-refractivity contribution is 8.18. The zero-order valence-corrected chi connectivity index (χ0v) is 15.0. The lowest BCUT2D eigenvalue weighted by Gasteiger charge is -2.37. The summed E-state index contributed by atoms with van der Waals surface area (Å²) in [6, 6.07) is 9.47. The van der Waals surface area contributed by atoms with Crippen LogP contribution in [0.15, 0.2) is 24.3 Å². The number of thioether (sulfide) groups is 2. The Kier molecular flexibility index (Phi) is 5.53. The average molecular weight is 309 g/mol. The van der Waals surface area contributed by atoms with Crippen LogP contribution in [-0.2, 0) is 9.49 Å². The summed E-state index contributed by atoms with van der Waals surface area (Å²) in [5, 5.41) is 0. The van der Waals surface area contributed by atoms with Crippen LogP contribution in [0, 0.1) is 0 Å². The van der Waals surface area contributed by atoms with Crippen LogP contribution in [0.3, 0.4) is 0 Å². The number of benzene rings is 1. The summed E-state index contributed by atoms with van der Waals surface area (Å²) >= 11 is 4.36. The molecule has 1 aromatic carbocycles. The largest absolute Gasteiger partial charge is 0.139 e. The first-order valence-electron chi connectivity index (χ1n) is 7.87. The van der Waals surface area contributed by atoms with Gasteiger partial charge in [-0.2, -0.15) is 0 Å². The molecule has 0 unspecified atom stereocenters. The average Bonchev–Trinajstić information content (AvgIpc) is 2.45. The van der Waals surface area contributed by atoms with E-state index in [0.29, 0.717) is 4.08 Å². The molecule has 2 heteroatoms. The summed E-state index contributed by atoms with van der Waals surface area (Å²) in [6.07, 6.45) is 5.31. The van der Waals surface area contributed by atoms with Crippen LogP contribution < -0.4 is 0 Å². The van der Waals surface area contributed by atoms with Gasteiger partial charge in [0.15, 0.2) is 0 Å². The highest BCUT2D eigenvalue weighted by Crippen LogP contribution is 2.53. The van der Waals surface area contributed by atoms with Crippen molar-refractivity contribution >= 4 is 23.5 Å². The molecule has 1 saturated heterocycles. The first-order valence-corrected chi connectivity index (χ1v) is 9.84. The van der Waals surface area contributed by atoms with Gasteiger partial charge in [-0.3, -0.25) is 0 Å².